The van der Waals surface area contributed by atoms with Gasteiger partial charge < -0.3 is 15.1 Å². The molecule has 0 radical (unpaired) electrons. The molecule has 1 aliphatic heterocycles. The molecule has 2 rings (SSSR count). The number of amides is 2. The number of hydrogen-bond acceptors (Lipinski definition) is 2. The summed E-state index contributed by atoms with van der Waals surface area (Å²) in [5.74, 6) is 0.224. The van der Waals surface area contributed by atoms with Gasteiger partial charge in [-0.2, -0.15) is 0 Å². The lowest BCUT2D eigenvalue weighted by atomic mass is 10.0. The molecule has 0 aliphatic carbocycles. The summed E-state index contributed by atoms with van der Waals surface area (Å²) >= 11 is 0. The van der Waals surface area contributed by atoms with Gasteiger partial charge in [0.2, 0.25) is 5.91 Å². The second-order valence-corrected chi connectivity index (χ2v) is 6.65. The molecule has 1 aliphatic rings. The molecule has 2 N–H and O–H groups in total. The van der Waals surface area contributed by atoms with Crippen molar-refractivity contribution in [3.63, 3.8) is 0 Å². The van der Waals surface area contributed by atoms with E-state index in [-0.39, 0.29) is 23.9 Å². The van der Waals surface area contributed by atoms with Crippen molar-refractivity contribution in [3.05, 3.63) is 35.9 Å². The van der Waals surface area contributed by atoms with Crippen LogP contribution in [0.4, 0.5) is 0 Å². The highest BCUT2D eigenvalue weighted by Gasteiger charge is 2.30. The van der Waals surface area contributed by atoms with Gasteiger partial charge in [-0.05, 0) is 18.9 Å². The van der Waals surface area contributed by atoms with Crippen molar-refractivity contribution >= 4 is 11.8 Å². The molecule has 0 bridgehead atoms. The molecule has 5 heteroatoms. The monoisotopic (exact) mass is 332 g/mol. The first kappa shape index (κ1) is 18.5. The second kappa shape index (κ2) is 8.83. The molecule has 1 aromatic carbocycles. The Balaban J connectivity index is 1.93. The Morgan fingerprint density at radius 2 is 1.83 bits per heavy atom. The van der Waals surface area contributed by atoms with Crippen molar-refractivity contribution in [1.29, 1.82) is 0 Å². The SMILES string of the molecule is CCC[C@H](NC(=O)[C@H](C)[NH+]1CCN(C(C)=O)CC1)c1ccccc1. The average molecular weight is 332 g/mol. The number of nitrogens with one attached hydrogen (secondary N) is 2. The summed E-state index contributed by atoms with van der Waals surface area (Å²) in [6.07, 6.45) is 1.97. The maximum atomic E-state index is 12.7. The fourth-order valence-corrected chi connectivity index (χ4v) is 3.32. The Bertz CT molecular complexity index is 539. The third-order valence-corrected chi connectivity index (χ3v) is 4.95. The highest BCUT2D eigenvalue weighted by atomic mass is 16.2. The van der Waals surface area contributed by atoms with E-state index in [1.54, 1.807) is 6.92 Å². The maximum Gasteiger partial charge on any atom is 0.278 e. The molecule has 0 aromatic heterocycles. The number of quaternary nitrogens is 1. The van der Waals surface area contributed by atoms with Crippen molar-refractivity contribution < 1.29 is 14.5 Å². The van der Waals surface area contributed by atoms with Crippen LogP contribution < -0.4 is 10.2 Å². The average Bonchev–Trinajstić information content (AvgIpc) is 2.61. The lowest BCUT2D eigenvalue weighted by molar-refractivity contribution is -0.918. The second-order valence-electron chi connectivity index (χ2n) is 6.65. The Kier molecular flexibility index (Phi) is 6.79. The van der Waals surface area contributed by atoms with Gasteiger partial charge in [-0.1, -0.05) is 43.7 Å². The summed E-state index contributed by atoms with van der Waals surface area (Å²) in [5.41, 5.74) is 1.16. The number of carbonyl (C=O) groups is 2. The standard InChI is InChI=1S/C19H29N3O2/c1-4-8-18(17-9-6-5-7-10-17)20-19(24)15(2)21-11-13-22(14-12-21)16(3)23/h5-7,9-10,15,18H,4,8,11-14H2,1-3H3,(H,20,24)/p+1/t15-,18-/m0/s1. The van der Waals surface area contributed by atoms with Crippen LogP contribution in [-0.2, 0) is 9.59 Å². The molecule has 1 fully saturated rings. The van der Waals surface area contributed by atoms with E-state index >= 15 is 0 Å². The maximum absolute atomic E-state index is 12.7. The summed E-state index contributed by atoms with van der Waals surface area (Å²) < 4.78 is 0. The zero-order valence-corrected chi connectivity index (χ0v) is 15.0. The molecule has 24 heavy (non-hydrogen) atoms. The zero-order valence-electron chi connectivity index (χ0n) is 15.0. The van der Waals surface area contributed by atoms with E-state index in [0.29, 0.717) is 0 Å². The Labute approximate surface area is 145 Å². The summed E-state index contributed by atoms with van der Waals surface area (Å²) in [5, 5.41) is 3.22. The molecule has 5 nitrogen and oxygen atoms in total. The summed E-state index contributed by atoms with van der Waals surface area (Å²) in [4.78, 5) is 27.2. The third kappa shape index (κ3) is 4.81. The molecule has 132 valence electrons. The van der Waals surface area contributed by atoms with Crippen LogP contribution in [0.5, 0.6) is 0 Å². The smallest absolute Gasteiger partial charge is 0.278 e. The number of nitrogens with zero attached hydrogens (tertiary/aromatic N) is 1. The number of carbonyl (C=O) groups excluding carboxylic acids is 2. The first-order valence-corrected chi connectivity index (χ1v) is 8.98. The van der Waals surface area contributed by atoms with Crippen LogP contribution >= 0.6 is 0 Å². The zero-order chi connectivity index (χ0) is 17.5. The quantitative estimate of drug-likeness (QED) is 0.809. The van der Waals surface area contributed by atoms with Crippen LogP contribution in [0.15, 0.2) is 30.3 Å². The van der Waals surface area contributed by atoms with Crippen LogP contribution in [0.2, 0.25) is 0 Å². The van der Waals surface area contributed by atoms with Gasteiger partial charge in [-0.15, -0.1) is 0 Å². The minimum atomic E-state index is -0.0952. The molecule has 2 amide bonds. The molecular formula is C19H30N3O2+. The molecule has 1 saturated heterocycles. The largest absolute Gasteiger partial charge is 0.344 e. The van der Waals surface area contributed by atoms with E-state index in [4.69, 9.17) is 0 Å². The lowest BCUT2D eigenvalue weighted by Crippen LogP contribution is -3.19. The van der Waals surface area contributed by atoms with Gasteiger partial charge in [0.25, 0.3) is 5.91 Å². The van der Waals surface area contributed by atoms with E-state index in [0.717, 1.165) is 44.6 Å². The Hall–Kier alpha value is -1.88. The van der Waals surface area contributed by atoms with Gasteiger partial charge in [0.15, 0.2) is 6.04 Å². The van der Waals surface area contributed by atoms with E-state index in [9.17, 15) is 9.59 Å². The Morgan fingerprint density at radius 3 is 2.38 bits per heavy atom. The number of rotatable bonds is 6. The van der Waals surface area contributed by atoms with Gasteiger partial charge in [0, 0.05) is 6.92 Å². The van der Waals surface area contributed by atoms with E-state index < -0.39 is 0 Å². The fourth-order valence-electron chi connectivity index (χ4n) is 3.32. The number of benzene rings is 1. The van der Waals surface area contributed by atoms with Crippen LogP contribution in [0.25, 0.3) is 0 Å². The van der Waals surface area contributed by atoms with Crippen molar-refractivity contribution in [1.82, 2.24) is 10.2 Å². The minimum Gasteiger partial charge on any atom is -0.344 e. The molecule has 1 aromatic rings. The van der Waals surface area contributed by atoms with E-state index in [2.05, 4.69) is 24.4 Å². The number of piperazine rings is 1. The molecule has 0 unspecified atom stereocenters. The predicted molar refractivity (Wildman–Crippen MR) is 94.6 cm³/mol. The molecule has 1 heterocycles. The first-order valence-electron chi connectivity index (χ1n) is 8.98. The van der Waals surface area contributed by atoms with Crippen molar-refractivity contribution in [3.8, 4) is 0 Å². The van der Waals surface area contributed by atoms with Gasteiger partial charge >= 0.3 is 0 Å². The fraction of sp³-hybridized carbons (Fsp3) is 0.579. The third-order valence-electron chi connectivity index (χ3n) is 4.95. The molecule has 0 spiro atoms. The Morgan fingerprint density at radius 1 is 1.21 bits per heavy atom. The van der Waals surface area contributed by atoms with Crippen molar-refractivity contribution in [2.24, 2.45) is 0 Å². The molecular weight excluding hydrogens is 302 g/mol. The van der Waals surface area contributed by atoms with Crippen LogP contribution in [-0.4, -0.2) is 48.9 Å². The van der Waals surface area contributed by atoms with Crippen molar-refractivity contribution in [2.75, 3.05) is 26.2 Å². The molecule has 0 saturated carbocycles. The van der Waals surface area contributed by atoms with Crippen molar-refractivity contribution in [2.45, 2.75) is 45.7 Å². The normalized spacial score (nSPS) is 18.0. The van der Waals surface area contributed by atoms with Crippen LogP contribution in [0.3, 0.4) is 0 Å². The summed E-state index contributed by atoms with van der Waals surface area (Å²) in [6.45, 7) is 8.87. The highest BCUT2D eigenvalue weighted by Crippen LogP contribution is 2.18. The van der Waals surface area contributed by atoms with Crippen LogP contribution in [0, 0.1) is 0 Å². The summed E-state index contributed by atoms with van der Waals surface area (Å²) in [6, 6.07) is 10.1. The van der Waals surface area contributed by atoms with Gasteiger partial charge in [0.1, 0.15) is 0 Å². The van der Waals surface area contributed by atoms with Gasteiger partial charge in [0.05, 0.1) is 32.2 Å². The predicted octanol–water partition coefficient (Wildman–Crippen LogP) is 0.780. The topological polar surface area (TPSA) is 53.9 Å². The lowest BCUT2D eigenvalue weighted by Gasteiger charge is -2.34. The number of hydrogen-bond donors (Lipinski definition) is 2. The van der Waals surface area contributed by atoms with E-state index in [1.807, 2.05) is 30.0 Å². The van der Waals surface area contributed by atoms with E-state index in [1.165, 1.54) is 4.90 Å². The molecule has 2 atom stereocenters. The van der Waals surface area contributed by atoms with Gasteiger partial charge in [-0.3, -0.25) is 9.59 Å². The highest BCUT2D eigenvalue weighted by molar-refractivity contribution is 5.80. The minimum absolute atomic E-state index is 0.0732. The summed E-state index contributed by atoms with van der Waals surface area (Å²) in [7, 11) is 0. The first-order chi connectivity index (χ1) is 11.5. The van der Waals surface area contributed by atoms with Crippen LogP contribution in [0.1, 0.15) is 45.2 Å². The van der Waals surface area contributed by atoms with Gasteiger partial charge in [-0.25, -0.2) is 0 Å².